The van der Waals surface area contributed by atoms with Gasteiger partial charge in [-0.15, -0.1) is 0 Å². The molecule has 138 valence electrons. The number of amides is 1. The van der Waals surface area contributed by atoms with Gasteiger partial charge in [-0.05, 0) is 62.9 Å². The minimum atomic E-state index is -0.0165. The molecule has 0 unspecified atom stereocenters. The number of piperidine rings is 1. The van der Waals surface area contributed by atoms with Crippen LogP contribution in [0.1, 0.15) is 42.9 Å². The number of aryl methyl sites for hydroxylation is 1. The number of anilines is 2. The quantitative estimate of drug-likeness (QED) is 0.884. The van der Waals surface area contributed by atoms with Gasteiger partial charge < -0.3 is 15.0 Å². The number of aromatic nitrogens is 2. The zero-order valence-corrected chi connectivity index (χ0v) is 15.7. The van der Waals surface area contributed by atoms with Crippen LogP contribution in [0.5, 0.6) is 5.75 Å². The minimum Gasteiger partial charge on any atom is -0.494 e. The lowest BCUT2D eigenvalue weighted by atomic mass is 9.99. The van der Waals surface area contributed by atoms with E-state index in [1.54, 1.807) is 6.07 Å². The maximum Gasteiger partial charge on any atom is 0.272 e. The molecule has 1 saturated heterocycles. The maximum absolute atomic E-state index is 12.8. The molecule has 1 fully saturated rings. The largest absolute Gasteiger partial charge is 0.494 e. The zero-order chi connectivity index (χ0) is 18.5. The first-order valence-electron chi connectivity index (χ1n) is 9.20. The van der Waals surface area contributed by atoms with Crippen molar-refractivity contribution >= 4 is 17.5 Å². The Morgan fingerprint density at radius 3 is 2.58 bits per heavy atom. The SMILES string of the molecule is CCOc1ccc(Nc2nc(C)cc(C(=O)N3CCC(C)CC3)n2)cc1. The first-order chi connectivity index (χ1) is 12.5. The molecule has 0 atom stereocenters. The van der Waals surface area contributed by atoms with E-state index in [2.05, 4.69) is 22.2 Å². The van der Waals surface area contributed by atoms with Crippen LogP contribution in [0, 0.1) is 12.8 Å². The van der Waals surface area contributed by atoms with Crippen LogP contribution in [0.15, 0.2) is 30.3 Å². The molecular formula is C20H26N4O2. The van der Waals surface area contributed by atoms with Crippen molar-refractivity contribution in [3.63, 3.8) is 0 Å². The van der Waals surface area contributed by atoms with Crippen LogP contribution in [0.25, 0.3) is 0 Å². The molecule has 1 aromatic heterocycles. The summed E-state index contributed by atoms with van der Waals surface area (Å²) in [5.41, 5.74) is 2.06. The molecule has 0 spiro atoms. The summed E-state index contributed by atoms with van der Waals surface area (Å²) in [5.74, 6) is 1.92. The van der Waals surface area contributed by atoms with E-state index in [-0.39, 0.29) is 5.91 Å². The number of rotatable bonds is 5. The third-order valence-electron chi connectivity index (χ3n) is 4.57. The Kier molecular flexibility index (Phi) is 5.71. The number of likely N-dealkylation sites (tertiary alicyclic amines) is 1. The predicted molar refractivity (Wildman–Crippen MR) is 102 cm³/mol. The normalized spacial score (nSPS) is 15.0. The van der Waals surface area contributed by atoms with Crippen molar-refractivity contribution in [2.24, 2.45) is 5.92 Å². The van der Waals surface area contributed by atoms with E-state index in [0.717, 1.165) is 43.1 Å². The van der Waals surface area contributed by atoms with Gasteiger partial charge in [-0.25, -0.2) is 9.97 Å². The summed E-state index contributed by atoms with van der Waals surface area (Å²) < 4.78 is 5.45. The van der Waals surface area contributed by atoms with Gasteiger partial charge in [-0.1, -0.05) is 6.92 Å². The monoisotopic (exact) mass is 354 g/mol. The molecule has 6 heteroatoms. The van der Waals surface area contributed by atoms with Crippen molar-refractivity contribution in [1.82, 2.24) is 14.9 Å². The van der Waals surface area contributed by atoms with Crippen molar-refractivity contribution < 1.29 is 9.53 Å². The number of hydrogen-bond donors (Lipinski definition) is 1. The molecule has 1 aliphatic heterocycles. The second kappa shape index (κ2) is 8.17. The third-order valence-corrected chi connectivity index (χ3v) is 4.57. The average molecular weight is 354 g/mol. The summed E-state index contributed by atoms with van der Waals surface area (Å²) in [6.07, 6.45) is 2.10. The average Bonchev–Trinajstić information content (AvgIpc) is 2.63. The maximum atomic E-state index is 12.8. The molecule has 1 aliphatic rings. The first kappa shape index (κ1) is 18.2. The van der Waals surface area contributed by atoms with E-state index >= 15 is 0 Å². The summed E-state index contributed by atoms with van der Waals surface area (Å²) >= 11 is 0. The van der Waals surface area contributed by atoms with E-state index < -0.39 is 0 Å². The molecular weight excluding hydrogens is 328 g/mol. The van der Waals surface area contributed by atoms with Gasteiger partial charge in [0.2, 0.25) is 5.95 Å². The smallest absolute Gasteiger partial charge is 0.272 e. The highest BCUT2D eigenvalue weighted by atomic mass is 16.5. The highest BCUT2D eigenvalue weighted by molar-refractivity contribution is 5.92. The Balaban J connectivity index is 1.73. The Hall–Kier alpha value is -2.63. The molecule has 3 rings (SSSR count). The Bertz CT molecular complexity index is 753. The van der Waals surface area contributed by atoms with Crippen molar-refractivity contribution in [1.29, 1.82) is 0 Å². The van der Waals surface area contributed by atoms with Gasteiger partial charge >= 0.3 is 0 Å². The summed E-state index contributed by atoms with van der Waals surface area (Å²) in [4.78, 5) is 23.5. The second-order valence-corrected chi connectivity index (χ2v) is 6.78. The fourth-order valence-electron chi connectivity index (χ4n) is 3.04. The Morgan fingerprint density at radius 1 is 1.23 bits per heavy atom. The van der Waals surface area contributed by atoms with Gasteiger partial charge in [-0.2, -0.15) is 0 Å². The number of carbonyl (C=O) groups excluding carboxylic acids is 1. The van der Waals surface area contributed by atoms with Crippen LogP contribution in [0.2, 0.25) is 0 Å². The van der Waals surface area contributed by atoms with Gasteiger partial charge in [0.25, 0.3) is 5.91 Å². The molecule has 0 bridgehead atoms. The fourth-order valence-corrected chi connectivity index (χ4v) is 3.04. The minimum absolute atomic E-state index is 0.0165. The highest BCUT2D eigenvalue weighted by Crippen LogP contribution is 2.21. The molecule has 1 N–H and O–H groups in total. The number of nitrogens with zero attached hydrogens (tertiary/aromatic N) is 3. The van der Waals surface area contributed by atoms with E-state index in [0.29, 0.717) is 24.2 Å². The molecule has 0 aliphatic carbocycles. The lowest BCUT2D eigenvalue weighted by Crippen LogP contribution is -2.38. The van der Waals surface area contributed by atoms with E-state index in [1.165, 1.54) is 0 Å². The number of benzene rings is 1. The summed E-state index contributed by atoms with van der Waals surface area (Å²) in [7, 11) is 0. The lowest BCUT2D eigenvalue weighted by molar-refractivity contribution is 0.0691. The Labute approximate surface area is 154 Å². The highest BCUT2D eigenvalue weighted by Gasteiger charge is 2.23. The van der Waals surface area contributed by atoms with Crippen LogP contribution in [-0.2, 0) is 0 Å². The second-order valence-electron chi connectivity index (χ2n) is 6.78. The standard InChI is InChI=1S/C20H26N4O2/c1-4-26-17-7-5-16(6-8-17)22-20-21-15(3)13-18(23-20)19(25)24-11-9-14(2)10-12-24/h5-8,13-14H,4,9-12H2,1-3H3,(H,21,22,23). The van der Waals surface area contributed by atoms with Crippen molar-refractivity contribution in [3.05, 3.63) is 41.7 Å². The van der Waals surface area contributed by atoms with E-state index in [4.69, 9.17) is 4.74 Å². The number of nitrogens with one attached hydrogen (secondary N) is 1. The van der Waals surface area contributed by atoms with Gasteiger partial charge in [0.05, 0.1) is 6.61 Å². The number of hydrogen-bond acceptors (Lipinski definition) is 5. The van der Waals surface area contributed by atoms with Crippen molar-refractivity contribution in [3.8, 4) is 5.75 Å². The van der Waals surface area contributed by atoms with Crippen molar-refractivity contribution in [2.75, 3.05) is 25.0 Å². The molecule has 1 amide bonds. The van der Waals surface area contributed by atoms with Gasteiger partial charge in [-0.3, -0.25) is 4.79 Å². The molecule has 1 aromatic carbocycles. The Morgan fingerprint density at radius 2 is 1.92 bits per heavy atom. The van der Waals surface area contributed by atoms with Crippen molar-refractivity contribution in [2.45, 2.75) is 33.6 Å². The van der Waals surface area contributed by atoms with Crippen LogP contribution >= 0.6 is 0 Å². The molecule has 0 saturated carbocycles. The van der Waals surface area contributed by atoms with Gasteiger partial charge in [0, 0.05) is 24.5 Å². The lowest BCUT2D eigenvalue weighted by Gasteiger charge is -2.30. The summed E-state index contributed by atoms with van der Waals surface area (Å²) in [6.45, 7) is 8.29. The summed E-state index contributed by atoms with van der Waals surface area (Å²) in [5, 5.41) is 3.17. The molecule has 6 nitrogen and oxygen atoms in total. The van der Waals surface area contributed by atoms with Crippen LogP contribution in [0.4, 0.5) is 11.6 Å². The van der Waals surface area contributed by atoms with Crippen LogP contribution in [-0.4, -0.2) is 40.5 Å². The topological polar surface area (TPSA) is 67.3 Å². The third kappa shape index (κ3) is 4.50. The predicted octanol–water partition coefficient (Wildman–Crippen LogP) is 3.80. The molecule has 26 heavy (non-hydrogen) atoms. The number of carbonyl (C=O) groups is 1. The number of ether oxygens (including phenoxy) is 1. The molecule has 0 radical (unpaired) electrons. The van der Waals surface area contributed by atoms with Crippen LogP contribution in [0.3, 0.4) is 0 Å². The van der Waals surface area contributed by atoms with E-state index in [9.17, 15) is 4.79 Å². The van der Waals surface area contributed by atoms with Crippen LogP contribution < -0.4 is 10.1 Å². The van der Waals surface area contributed by atoms with Gasteiger partial charge in [0.1, 0.15) is 11.4 Å². The fraction of sp³-hybridized carbons (Fsp3) is 0.450. The first-order valence-corrected chi connectivity index (χ1v) is 9.20. The van der Waals surface area contributed by atoms with E-state index in [1.807, 2.05) is 43.0 Å². The van der Waals surface area contributed by atoms with Gasteiger partial charge in [0.15, 0.2) is 0 Å². The molecule has 2 aromatic rings. The summed E-state index contributed by atoms with van der Waals surface area (Å²) in [6, 6.07) is 9.35. The zero-order valence-electron chi connectivity index (χ0n) is 15.7. The molecule has 2 heterocycles.